The second kappa shape index (κ2) is 6.94. The number of likely N-dealkylation sites (tertiary alicyclic amines) is 1. The number of thiophene rings is 1. The summed E-state index contributed by atoms with van der Waals surface area (Å²) in [6, 6.07) is 12.8. The summed E-state index contributed by atoms with van der Waals surface area (Å²) >= 11 is 1.77. The maximum absolute atomic E-state index is 11.3. The zero-order chi connectivity index (χ0) is 17.2. The summed E-state index contributed by atoms with van der Waals surface area (Å²) in [5.74, 6) is -0.880. The fraction of sp³-hybridized carbons (Fsp3) is 0.300. The predicted octanol–water partition coefficient (Wildman–Crippen LogP) is 4.18. The highest BCUT2D eigenvalue weighted by atomic mass is 32.1. The van der Waals surface area contributed by atoms with Gasteiger partial charge in [0, 0.05) is 17.1 Å². The molecule has 0 bridgehead atoms. The predicted molar refractivity (Wildman–Crippen MR) is 99.8 cm³/mol. The number of piperidine rings is 1. The van der Waals surface area contributed by atoms with Crippen LogP contribution in [0, 0.1) is 5.92 Å². The minimum atomic E-state index is -0.666. The zero-order valence-corrected chi connectivity index (χ0v) is 14.7. The van der Waals surface area contributed by atoms with Gasteiger partial charge in [-0.05, 0) is 66.0 Å². The van der Waals surface area contributed by atoms with Crippen LogP contribution in [0.4, 0.5) is 0 Å². The maximum atomic E-state index is 11.3. The van der Waals surface area contributed by atoms with Gasteiger partial charge in [-0.1, -0.05) is 18.2 Å². The van der Waals surface area contributed by atoms with Crippen molar-refractivity contribution in [2.75, 3.05) is 13.1 Å². The van der Waals surface area contributed by atoms with Crippen molar-refractivity contribution in [1.82, 2.24) is 9.88 Å². The second-order valence-corrected chi connectivity index (χ2v) is 7.43. The van der Waals surface area contributed by atoms with E-state index in [1.807, 2.05) is 12.4 Å². The molecule has 1 fully saturated rings. The van der Waals surface area contributed by atoms with Gasteiger partial charge in [0.05, 0.1) is 12.0 Å². The van der Waals surface area contributed by atoms with E-state index in [1.165, 1.54) is 21.2 Å². The first-order valence-corrected chi connectivity index (χ1v) is 9.45. The average molecular weight is 352 g/mol. The molecule has 3 heterocycles. The molecule has 1 aliphatic heterocycles. The van der Waals surface area contributed by atoms with Gasteiger partial charge in [0.25, 0.3) is 0 Å². The lowest BCUT2D eigenvalue weighted by Crippen LogP contribution is -2.39. The highest BCUT2D eigenvalue weighted by Gasteiger charge is 2.31. The van der Waals surface area contributed by atoms with Gasteiger partial charge in [-0.3, -0.25) is 14.7 Å². The van der Waals surface area contributed by atoms with Crippen LogP contribution in [-0.2, 0) is 4.79 Å². The van der Waals surface area contributed by atoms with Crippen LogP contribution in [0.1, 0.15) is 30.0 Å². The van der Waals surface area contributed by atoms with E-state index in [1.54, 1.807) is 11.3 Å². The van der Waals surface area contributed by atoms with Crippen LogP contribution in [0.15, 0.2) is 54.2 Å². The van der Waals surface area contributed by atoms with E-state index in [-0.39, 0.29) is 12.0 Å². The van der Waals surface area contributed by atoms with Crippen molar-refractivity contribution in [3.05, 3.63) is 65.3 Å². The van der Waals surface area contributed by atoms with Crippen molar-refractivity contribution in [2.45, 2.75) is 18.9 Å². The summed E-state index contributed by atoms with van der Waals surface area (Å²) in [4.78, 5) is 17.9. The molecule has 2 aromatic heterocycles. The van der Waals surface area contributed by atoms with Crippen LogP contribution in [0.5, 0.6) is 0 Å². The molecule has 3 aromatic rings. The molecule has 1 saturated heterocycles. The molecule has 5 heteroatoms. The summed E-state index contributed by atoms with van der Waals surface area (Å²) in [7, 11) is 0. The average Bonchev–Trinajstić information content (AvgIpc) is 3.07. The number of hydrogen-bond donors (Lipinski definition) is 1. The highest BCUT2D eigenvalue weighted by molar-refractivity contribution is 7.17. The number of carbonyl (C=O) groups is 1. The SMILES string of the molecule is O=C(O)C1CCN(C(c2ccncc2)c2csc3ccccc23)CC1. The molecular formula is C20H20N2O2S. The smallest absolute Gasteiger partial charge is 0.306 e. The quantitative estimate of drug-likeness (QED) is 0.765. The van der Waals surface area contributed by atoms with Crippen molar-refractivity contribution in [2.24, 2.45) is 5.92 Å². The second-order valence-electron chi connectivity index (χ2n) is 6.52. The molecule has 0 spiro atoms. The van der Waals surface area contributed by atoms with Gasteiger partial charge in [-0.25, -0.2) is 0 Å². The summed E-state index contributed by atoms with van der Waals surface area (Å²) in [5.41, 5.74) is 2.52. The Morgan fingerprint density at radius 3 is 2.60 bits per heavy atom. The van der Waals surface area contributed by atoms with Gasteiger partial charge in [0.2, 0.25) is 0 Å². The third-order valence-electron chi connectivity index (χ3n) is 5.07. The van der Waals surface area contributed by atoms with Crippen molar-refractivity contribution >= 4 is 27.4 Å². The molecule has 0 aliphatic carbocycles. The molecule has 1 aromatic carbocycles. The van der Waals surface area contributed by atoms with Crippen LogP contribution in [0.3, 0.4) is 0 Å². The third-order valence-corrected chi connectivity index (χ3v) is 6.05. The number of fused-ring (bicyclic) bond motifs is 1. The van der Waals surface area contributed by atoms with Crippen LogP contribution < -0.4 is 0 Å². The van der Waals surface area contributed by atoms with Crippen LogP contribution >= 0.6 is 11.3 Å². The van der Waals surface area contributed by atoms with Crippen molar-refractivity contribution < 1.29 is 9.90 Å². The Hall–Kier alpha value is -2.24. The Morgan fingerprint density at radius 1 is 1.16 bits per heavy atom. The Morgan fingerprint density at radius 2 is 1.88 bits per heavy atom. The molecule has 1 unspecified atom stereocenters. The number of pyridine rings is 1. The largest absolute Gasteiger partial charge is 0.481 e. The monoisotopic (exact) mass is 352 g/mol. The maximum Gasteiger partial charge on any atom is 0.306 e. The Kier molecular flexibility index (Phi) is 4.51. The van der Waals surface area contributed by atoms with Gasteiger partial charge in [0.15, 0.2) is 0 Å². The van der Waals surface area contributed by atoms with E-state index in [9.17, 15) is 9.90 Å². The lowest BCUT2D eigenvalue weighted by Gasteiger charge is -2.36. The molecule has 0 saturated carbocycles. The van der Waals surface area contributed by atoms with E-state index in [0.717, 1.165) is 13.1 Å². The number of aliphatic carboxylic acids is 1. The lowest BCUT2D eigenvalue weighted by atomic mass is 9.91. The van der Waals surface area contributed by atoms with Gasteiger partial charge in [0.1, 0.15) is 0 Å². The summed E-state index contributed by atoms with van der Waals surface area (Å²) in [6.07, 6.45) is 5.08. The summed E-state index contributed by atoms with van der Waals surface area (Å²) in [5, 5.41) is 12.8. The molecule has 4 nitrogen and oxygen atoms in total. The van der Waals surface area contributed by atoms with E-state index in [2.05, 4.69) is 51.7 Å². The minimum Gasteiger partial charge on any atom is -0.481 e. The molecule has 1 atom stereocenters. The number of benzene rings is 1. The zero-order valence-electron chi connectivity index (χ0n) is 13.8. The molecule has 128 valence electrons. The summed E-state index contributed by atoms with van der Waals surface area (Å²) < 4.78 is 1.29. The number of aromatic nitrogens is 1. The van der Waals surface area contributed by atoms with E-state index in [0.29, 0.717) is 12.8 Å². The minimum absolute atomic E-state index is 0.147. The number of rotatable bonds is 4. The number of nitrogens with zero attached hydrogens (tertiary/aromatic N) is 2. The first-order valence-electron chi connectivity index (χ1n) is 8.57. The van der Waals surface area contributed by atoms with Crippen molar-refractivity contribution in [3.63, 3.8) is 0 Å². The Bertz CT molecular complexity index is 870. The Labute approximate surface area is 150 Å². The molecule has 4 rings (SSSR count). The van der Waals surface area contributed by atoms with Gasteiger partial charge in [-0.15, -0.1) is 11.3 Å². The fourth-order valence-electron chi connectivity index (χ4n) is 3.75. The topological polar surface area (TPSA) is 53.4 Å². The first-order chi connectivity index (χ1) is 12.2. The molecule has 0 radical (unpaired) electrons. The standard InChI is InChI=1S/C20H20N2O2S/c23-20(24)15-7-11-22(12-8-15)19(14-5-9-21-10-6-14)17-13-25-18-4-2-1-3-16(17)18/h1-6,9-10,13,15,19H,7-8,11-12H2,(H,23,24). The molecule has 1 N–H and O–H groups in total. The van der Waals surface area contributed by atoms with Crippen LogP contribution in [0.25, 0.3) is 10.1 Å². The Balaban J connectivity index is 1.72. The molecular weight excluding hydrogens is 332 g/mol. The van der Waals surface area contributed by atoms with E-state index >= 15 is 0 Å². The number of carboxylic acids is 1. The molecule has 0 amide bonds. The lowest BCUT2D eigenvalue weighted by molar-refractivity contribution is -0.143. The summed E-state index contributed by atoms with van der Waals surface area (Å²) in [6.45, 7) is 1.60. The normalized spacial score (nSPS) is 17.6. The van der Waals surface area contributed by atoms with E-state index < -0.39 is 5.97 Å². The fourth-order valence-corrected chi connectivity index (χ4v) is 4.73. The van der Waals surface area contributed by atoms with Crippen molar-refractivity contribution in [1.29, 1.82) is 0 Å². The number of hydrogen-bond acceptors (Lipinski definition) is 4. The van der Waals surface area contributed by atoms with Gasteiger partial charge >= 0.3 is 5.97 Å². The number of carboxylic acid groups (broad SMARTS) is 1. The van der Waals surface area contributed by atoms with Crippen molar-refractivity contribution in [3.8, 4) is 0 Å². The van der Waals surface area contributed by atoms with E-state index in [4.69, 9.17) is 0 Å². The van der Waals surface area contributed by atoms with Crippen LogP contribution in [-0.4, -0.2) is 34.0 Å². The highest BCUT2D eigenvalue weighted by Crippen LogP contribution is 2.38. The van der Waals surface area contributed by atoms with Gasteiger partial charge in [-0.2, -0.15) is 0 Å². The van der Waals surface area contributed by atoms with Crippen LogP contribution in [0.2, 0.25) is 0 Å². The molecule has 1 aliphatic rings. The first kappa shape index (κ1) is 16.2. The molecule has 25 heavy (non-hydrogen) atoms. The third kappa shape index (κ3) is 3.17. The van der Waals surface area contributed by atoms with Gasteiger partial charge < -0.3 is 5.11 Å².